The van der Waals surface area contributed by atoms with Crippen LogP contribution in [0.2, 0.25) is 0 Å². The van der Waals surface area contributed by atoms with Gasteiger partial charge in [-0.3, -0.25) is 9.78 Å². The van der Waals surface area contributed by atoms with Crippen molar-refractivity contribution in [2.24, 2.45) is 5.92 Å². The van der Waals surface area contributed by atoms with Gasteiger partial charge in [-0.25, -0.2) is 0 Å². The van der Waals surface area contributed by atoms with E-state index >= 15 is 0 Å². The van der Waals surface area contributed by atoms with Crippen molar-refractivity contribution >= 4 is 34.6 Å². The molecule has 0 bridgehead atoms. The zero-order chi connectivity index (χ0) is 28.6. The molecule has 0 spiro atoms. The van der Waals surface area contributed by atoms with Gasteiger partial charge in [-0.2, -0.15) is 0 Å². The molecule has 1 amide bonds. The maximum absolute atomic E-state index is 12.4. The molecule has 1 saturated heterocycles. The number of nitrogens with one attached hydrogen (secondary N) is 2. The second kappa shape index (κ2) is 11.1. The Morgan fingerprint density at radius 1 is 1.02 bits per heavy atom. The molecule has 3 heterocycles. The van der Waals surface area contributed by atoms with Gasteiger partial charge in [-0.05, 0) is 92.6 Å². The Morgan fingerprint density at radius 2 is 1.82 bits per heavy atom. The van der Waals surface area contributed by atoms with Crippen LogP contribution in [0.3, 0.4) is 0 Å². The van der Waals surface area contributed by atoms with Crippen molar-refractivity contribution in [3.63, 3.8) is 0 Å². The number of aromatic nitrogens is 2. The third-order valence-corrected chi connectivity index (χ3v) is 7.78. The average molecular weight is 554 g/mol. The lowest BCUT2D eigenvalue weighted by Gasteiger charge is -2.29. The van der Waals surface area contributed by atoms with E-state index in [1.807, 2.05) is 75.5 Å². The molecule has 2 N–H and O–H groups in total. The predicted molar refractivity (Wildman–Crippen MR) is 164 cm³/mol. The molecular formula is C32H35N5O2S. The lowest BCUT2D eigenvalue weighted by atomic mass is 9.96. The first-order chi connectivity index (χ1) is 19.2. The summed E-state index contributed by atoms with van der Waals surface area (Å²) in [6.45, 7) is 10.0. The first-order valence-electron chi connectivity index (χ1n) is 13.4. The van der Waals surface area contributed by atoms with Gasteiger partial charge in [0.25, 0.3) is 0 Å². The Kier molecular flexibility index (Phi) is 7.63. The minimum atomic E-state index is -0.159. The lowest BCUT2D eigenvalue weighted by Crippen LogP contribution is -2.29. The second-order valence-corrected chi connectivity index (χ2v) is 10.9. The van der Waals surface area contributed by atoms with Crippen LogP contribution >= 0.6 is 12.2 Å². The van der Waals surface area contributed by atoms with E-state index in [0.717, 1.165) is 51.0 Å². The summed E-state index contributed by atoms with van der Waals surface area (Å²) in [4.78, 5) is 19.2. The molecule has 0 radical (unpaired) electrons. The summed E-state index contributed by atoms with van der Waals surface area (Å²) in [5, 5.41) is 7.22. The Labute approximate surface area is 241 Å². The van der Waals surface area contributed by atoms with Crippen molar-refractivity contribution in [2.45, 2.75) is 46.7 Å². The molecule has 2 aromatic carbocycles. The molecule has 2 unspecified atom stereocenters. The van der Waals surface area contributed by atoms with Gasteiger partial charge in [0.15, 0.2) is 5.11 Å². The summed E-state index contributed by atoms with van der Waals surface area (Å²) < 4.78 is 7.75. The highest BCUT2D eigenvalue weighted by Crippen LogP contribution is 2.44. The van der Waals surface area contributed by atoms with E-state index < -0.39 is 0 Å². The Balaban J connectivity index is 1.62. The number of methoxy groups -OCH3 is 1. The number of amides is 1. The smallest absolute Gasteiger partial charge is 0.226 e. The van der Waals surface area contributed by atoms with Crippen molar-refractivity contribution < 1.29 is 9.53 Å². The van der Waals surface area contributed by atoms with Crippen LogP contribution in [0.4, 0.5) is 11.4 Å². The van der Waals surface area contributed by atoms with Crippen LogP contribution in [0.25, 0.3) is 5.69 Å². The van der Waals surface area contributed by atoms with Crippen LogP contribution in [-0.4, -0.2) is 27.7 Å². The number of nitrogens with zero attached hydrogens (tertiary/aromatic N) is 3. The quantitative estimate of drug-likeness (QED) is 0.252. The summed E-state index contributed by atoms with van der Waals surface area (Å²) in [5.41, 5.74) is 8.06. The molecule has 2 atom stereocenters. The number of anilines is 2. The van der Waals surface area contributed by atoms with E-state index in [1.165, 1.54) is 0 Å². The van der Waals surface area contributed by atoms with Gasteiger partial charge in [0.05, 0.1) is 24.9 Å². The number of benzene rings is 2. The van der Waals surface area contributed by atoms with E-state index in [9.17, 15) is 4.79 Å². The van der Waals surface area contributed by atoms with Crippen molar-refractivity contribution in [2.75, 3.05) is 17.3 Å². The van der Waals surface area contributed by atoms with Gasteiger partial charge in [0.1, 0.15) is 5.75 Å². The molecule has 2 aromatic heterocycles. The van der Waals surface area contributed by atoms with Crippen LogP contribution in [0.15, 0.2) is 72.9 Å². The van der Waals surface area contributed by atoms with Crippen molar-refractivity contribution in [1.82, 2.24) is 14.9 Å². The zero-order valence-corrected chi connectivity index (χ0v) is 24.5. The van der Waals surface area contributed by atoms with E-state index in [1.54, 1.807) is 7.11 Å². The summed E-state index contributed by atoms with van der Waals surface area (Å²) in [7, 11) is 1.68. The normalized spacial score (nSPS) is 16.8. The van der Waals surface area contributed by atoms with Crippen LogP contribution in [0.5, 0.6) is 5.75 Å². The molecule has 0 aliphatic carbocycles. The Hall–Kier alpha value is -4.17. The SMILES string of the molecule is COc1cccc(-n2c(C)cc(C3C(c4ccccn4)NC(=S)N3c3ccc(NC(=O)C(C)C)c(C)c3)c2C)c1. The molecule has 5 rings (SSSR count). The molecule has 4 aromatic rings. The number of carbonyl (C=O) groups excluding carboxylic acids is 1. The monoisotopic (exact) mass is 553 g/mol. The molecule has 206 valence electrons. The summed E-state index contributed by atoms with van der Waals surface area (Å²) in [6.07, 6.45) is 1.82. The first kappa shape index (κ1) is 27.4. The molecular weight excluding hydrogens is 518 g/mol. The number of carbonyl (C=O) groups is 1. The van der Waals surface area contributed by atoms with E-state index in [2.05, 4.69) is 52.1 Å². The number of rotatable bonds is 7. The lowest BCUT2D eigenvalue weighted by molar-refractivity contribution is -0.118. The van der Waals surface area contributed by atoms with Crippen LogP contribution in [-0.2, 0) is 4.79 Å². The zero-order valence-electron chi connectivity index (χ0n) is 23.7. The summed E-state index contributed by atoms with van der Waals surface area (Å²) in [5.74, 6) is 0.702. The number of pyridine rings is 1. The Bertz CT molecular complexity index is 1560. The minimum absolute atomic E-state index is 0.00714. The number of hydrogen-bond donors (Lipinski definition) is 2. The van der Waals surface area contributed by atoms with Gasteiger partial charge in [0.2, 0.25) is 5.91 Å². The Morgan fingerprint density at radius 3 is 2.50 bits per heavy atom. The van der Waals surface area contributed by atoms with Gasteiger partial charge in [-0.1, -0.05) is 26.0 Å². The maximum atomic E-state index is 12.4. The standard InChI is InChI=1S/C32H35N5O2S/c1-19(2)31(38)34-27-14-13-24(16-20(27)3)37-30(29(35-32(37)40)28-12-7-8-15-33-28)26-17-21(4)36(22(26)5)23-10-9-11-25(18-23)39-6/h7-19,29-30H,1-6H3,(H,34,38)(H,35,40). The molecule has 1 aliphatic heterocycles. The van der Waals surface area contributed by atoms with Crippen molar-refractivity contribution in [3.8, 4) is 11.4 Å². The molecule has 40 heavy (non-hydrogen) atoms. The van der Waals surface area contributed by atoms with Gasteiger partial charge in [0, 0.05) is 46.6 Å². The van der Waals surface area contributed by atoms with Crippen LogP contribution in [0, 0.1) is 26.7 Å². The topological polar surface area (TPSA) is 71.4 Å². The molecule has 8 heteroatoms. The van der Waals surface area contributed by atoms with Crippen LogP contribution < -0.4 is 20.3 Å². The third kappa shape index (κ3) is 5.07. The summed E-state index contributed by atoms with van der Waals surface area (Å²) >= 11 is 5.96. The largest absolute Gasteiger partial charge is 0.497 e. The van der Waals surface area contributed by atoms with E-state index in [4.69, 9.17) is 21.9 Å². The molecule has 1 aliphatic rings. The number of ether oxygens (including phenoxy) is 1. The molecule has 1 fully saturated rings. The number of aryl methyl sites for hydroxylation is 2. The average Bonchev–Trinajstić information content (AvgIpc) is 3.44. The fourth-order valence-corrected chi connectivity index (χ4v) is 5.74. The number of thiocarbonyl (C=S) groups is 1. The fourth-order valence-electron chi connectivity index (χ4n) is 5.40. The van der Waals surface area contributed by atoms with Crippen molar-refractivity contribution in [3.05, 3.63) is 101 Å². The molecule has 7 nitrogen and oxygen atoms in total. The second-order valence-electron chi connectivity index (χ2n) is 10.5. The number of hydrogen-bond acceptors (Lipinski definition) is 4. The molecule has 0 saturated carbocycles. The highest BCUT2D eigenvalue weighted by atomic mass is 32.1. The van der Waals surface area contributed by atoms with Gasteiger partial charge >= 0.3 is 0 Å². The fraction of sp³-hybridized carbons (Fsp3) is 0.281. The van der Waals surface area contributed by atoms with E-state index in [-0.39, 0.29) is 23.9 Å². The van der Waals surface area contributed by atoms with Gasteiger partial charge < -0.3 is 24.8 Å². The first-order valence-corrected chi connectivity index (χ1v) is 13.9. The highest BCUT2D eigenvalue weighted by Gasteiger charge is 2.42. The van der Waals surface area contributed by atoms with Crippen LogP contribution in [0.1, 0.15) is 54.1 Å². The minimum Gasteiger partial charge on any atom is -0.497 e. The highest BCUT2D eigenvalue weighted by molar-refractivity contribution is 7.80. The third-order valence-electron chi connectivity index (χ3n) is 7.47. The van der Waals surface area contributed by atoms with Gasteiger partial charge in [-0.15, -0.1) is 0 Å². The van der Waals surface area contributed by atoms with Crippen molar-refractivity contribution in [1.29, 1.82) is 0 Å². The van der Waals surface area contributed by atoms with E-state index in [0.29, 0.717) is 5.11 Å². The summed E-state index contributed by atoms with van der Waals surface area (Å²) in [6, 6.07) is 22.0. The maximum Gasteiger partial charge on any atom is 0.226 e. The predicted octanol–water partition coefficient (Wildman–Crippen LogP) is 6.58.